The Morgan fingerprint density at radius 1 is 0.850 bits per heavy atom. The highest BCUT2D eigenvalue weighted by Gasteiger charge is 2.12. The van der Waals surface area contributed by atoms with Gasteiger partial charge in [0, 0.05) is 12.6 Å². The Kier molecular flexibility index (Phi) is 4.77. The van der Waals surface area contributed by atoms with Crippen LogP contribution in [0, 0.1) is 0 Å². The van der Waals surface area contributed by atoms with Gasteiger partial charge in [-0.1, -0.05) is 54.6 Å². The predicted molar refractivity (Wildman–Crippen MR) is 89.1 cm³/mol. The van der Waals surface area contributed by atoms with Crippen molar-refractivity contribution in [2.24, 2.45) is 0 Å². The largest absolute Gasteiger partial charge is 0.310 e. The van der Waals surface area contributed by atoms with Gasteiger partial charge in [0.1, 0.15) is 0 Å². The molecule has 104 valence electrons. The predicted octanol–water partition coefficient (Wildman–Crippen LogP) is 4.34. The first-order chi connectivity index (χ1) is 9.92. The van der Waals surface area contributed by atoms with Crippen LogP contribution in [-0.4, -0.2) is 17.5 Å². The van der Waals surface area contributed by atoms with E-state index in [2.05, 4.69) is 71.7 Å². The first-order valence-electron chi connectivity index (χ1n) is 7.37. The SMILES string of the molecule is c1ccc(-c2ccc(CNC3CCSCC3)cc2)cc1. The van der Waals surface area contributed by atoms with Crippen molar-refractivity contribution in [2.75, 3.05) is 11.5 Å². The molecule has 1 aliphatic rings. The monoisotopic (exact) mass is 283 g/mol. The smallest absolute Gasteiger partial charge is 0.0208 e. The maximum Gasteiger partial charge on any atom is 0.0208 e. The summed E-state index contributed by atoms with van der Waals surface area (Å²) in [6.45, 7) is 0.990. The molecule has 0 radical (unpaired) electrons. The van der Waals surface area contributed by atoms with Crippen molar-refractivity contribution in [3.8, 4) is 11.1 Å². The second-order valence-corrected chi connectivity index (χ2v) is 6.56. The molecule has 0 saturated carbocycles. The lowest BCUT2D eigenvalue weighted by Gasteiger charge is -2.22. The van der Waals surface area contributed by atoms with Crippen molar-refractivity contribution in [3.63, 3.8) is 0 Å². The average molecular weight is 283 g/mol. The number of nitrogens with one attached hydrogen (secondary N) is 1. The summed E-state index contributed by atoms with van der Waals surface area (Å²) in [4.78, 5) is 0. The minimum Gasteiger partial charge on any atom is -0.310 e. The molecular weight excluding hydrogens is 262 g/mol. The Morgan fingerprint density at radius 2 is 1.50 bits per heavy atom. The number of thioether (sulfide) groups is 1. The highest BCUT2D eigenvalue weighted by Crippen LogP contribution is 2.20. The lowest BCUT2D eigenvalue weighted by Crippen LogP contribution is -2.31. The molecule has 0 amide bonds. The van der Waals surface area contributed by atoms with Crippen molar-refractivity contribution in [1.82, 2.24) is 5.32 Å². The van der Waals surface area contributed by atoms with Gasteiger partial charge >= 0.3 is 0 Å². The van der Waals surface area contributed by atoms with Crippen LogP contribution in [0.1, 0.15) is 18.4 Å². The topological polar surface area (TPSA) is 12.0 Å². The van der Waals surface area contributed by atoms with Gasteiger partial charge in [0.25, 0.3) is 0 Å². The van der Waals surface area contributed by atoms with Crippen LogP contribution in [0.4, 0.5) is 0 Å². The van der Waals surface area contributed by atoms with Gasteiger partial charge in [0.05, 0.1) is 0 Å². The Hall–Kier alpha value is -1.25. The molecule has 1 nitrogen and oxygen atoms in total. The molecule has 20 heavy (non-hydrogen) atoms. The van der Waals surface area contributed by atoms with Crippen LogP contribution < -0.4 is 5.32 Å². The average Bonchev–Trinajstić information content (AvgIpc) is 2.55. The molecule has 0 atom stereocenters. The Morgan fingerprint density at radius 3 is 2.20 bits per heavy atom. The quantitative estimate of drug-likeness (QED) is 0.896. The summed E-state index contributed by atoms with van der Waals surface area (Å²) in [5.41, 5.74) is 3.96. The molecule has 0 unspecified atom stereocenters. The van der Waals surface area contributed by atoms with Crippen molar-refractivity contribution in [2.45, 2.75) is 25.4 Å². The fraction of sp³-hybridized carbons (Fsp3) is 0.333. The van der Waals surface area contributed by atoms with Gasteiger partial charge in [-0.2, -0.15) is 11.8 Å². The molecule has 1 saturated heterocycles. The van der Waals surface area contributed by atoms with Crippen LogP contribution in [0.15, 0.2) is 54.6 Å². The van der Waals surface area contributed by atoms with Crippen molar-refractivity contribution in [1.29, 1.82) is 0 Å². The fourth-order valence-electron chi connectivity index (χ4n) is 2.61. The van der Waals surface area contributed by atoms with Crippen molar-refractivity contribution < 1.29 is 0 Å². The molecule has 3 rings (SSSR count). The van der Waals surface area contributed by atoms with E-state index in [4.69, 9.17) is 0 Å². The van der Waals surface area contributed by atoms with Crippen molar-refractivity contribution >= 4 is 11.8 Å². The van der Waals surface area contributed by atoms with Gasteiger partial charge in [-0.25, -0.2) is 0 Å². The van der Waals surface area contributed by atoms with Gasteiger partial charge in [0.2, 0.25) is 0 Å². The van der Waals surface area contributed by atoms with Gasteiger partial charge in [-0.05, 0) is 41.0 Å². The maximum atomic E-state index is 3.68. The summed E-state index contributed by atoms with van der Waals surface area (Å²) < 4.78 is 0. The zero-order chi connectivity index (χ0) is 13.6. The van der Waals surface area contributed by atoms with Crippen molar-refractivity contribution in [3.05, 3.63) is 60.2 Å². The van der Waals surface area contributed by atoms with E-state index in [-0.39, 0.29) is 0 Å². The molecule has 1 heterocycles. The number of hydrogen-bond donors (Lipinski definition) is 1. The van der Waals surface area contributed by atoms with Gasteiger partial charge < -0.3 is 5.32 Å². The van der Waals surface area contributed by atoms with Crippen LogP contribution in [0.2, 0.25) is 0 Å². The lowest BCUT2D eigenvalue weighted by molar-refractivity contribution is 0.482. The second-order valence-electron chi connectivity index (χ2n) is 5.33. The summed E-state index contributed by atoms with van der Waals surface area (Å²) in [6, 6.07) is 20.2. The first-order valence-corrected chi connectivity index (χ1v) is 8.53. The van der Waals surface area contributed by atoms with E-state index in [9.17, 15) is 0 Å². The number of benzene rings is 2. The Labute approximate surface area is 125 Å². The van der Waals surface area contributed by atoms with Gasteiger partial charge in [-0.15, -0.1) is 0 Å². The standard InChI is InChI=1S/C18H21NS/c1-2-4-16(5-3-1)17-8-6-15(7-9-17)14-19-18-10-12-20-13-11-18/h1-9,18-19H,10-14H2. The third-order valence-electron chi connectivity index (χ3n) is 3.88. The first kappa shape index (κ1) is 13.7. The summed E-state index contributed by atoms with van der Waals surface area (Å²) in [6.07, 6.45) is 2.62. The van der Waals surface area contributed by atoms with Gasteiger partial charge in [-0.3, -0.25) is 0 Å². The summed E-state index contributed by atoms with van der Waals surface area (Å²) >= 11 is 2.08. The molecule has 2 aromatic carbocycles. The van der Waals surface area contributed by atoms with E-state index < -0.39 is 0 Å². The maximum absolute atomic E-state index is 3.68. The normalized spacial score (nSPS) is 16.2. The van der Waals surface area contributed by atoms with Crippen LogP contribution in [0.3, 0.4) is 0 Å². The molecule has 2 aromatic rings. The summed E-state index contributed by atoms with van der Waals surface area (Å²) in [5.74, 6) is 2.62. The van der Waals surface area contributed by atoms with E-state index in [1.807, 2.05) is 0 Å². The van der Waals surface area contributed by atoms with Gasteiger partial charge in [0.15, 0.2) is 0 Å². The third kappa shape index (κ3) is 3.65. The van der Waals surface area contributed by atoms with E-state index in [0.717, 1.165) is 6.54 Å². The van der Waals surface area contributed by atoms with E-state index >= 15 is 0 Å². The fourth-order valence-corrected chi connectivity index (χ4v) is 3.72. The molecule has 0 bridgehead atoms. The minimum absolute atomic E-state index is 0.713. The highest BCUT2D eigenvalue weighted by molar-refractivity contribution is 7.99. The second kappa shape index (κ2) is 6.96. The molecule has 0 aromatic heterocycles. The van der Waals surface area contributed by atoms with E-state index in [0.29, 0.717) is 6.04 Å². The molecule has 0 aliphatic carbocycles. The summed E-state index contributed by atoms with van der Waals surface area (Å²) in [5, 5.41) is 3.68. The zero-order valence-electron chi connectivity index (χ0n) is 11.7. The van der Waals surface area contributed by atoms with Crippen LogP contribution >= 0.6 is 11.8 Å². The van der Waals surface area contributed by atoms with Crippen LogP contribution in [0.25, 0.3) is 11.1 Å². The Balaban J connectivity index is 1.58. The molecular formula is C18H21NS. The number of rotatable bonds is 4. The van der Waals surface area contributed by atoms with Crippen LogP contribution in [0.5, 0.6) is 0 Å². The molecule has 1 N–H and O–H groups in total. The Bertz CT molecular complexity index is 515. The third-order valence-corrected chi connectivity index (χ3v) is 4.93. The molecule has 1 aliphatic heterocycles. The molecule has 0 spiro atoms. The van der Waals surface area contributed by atoms with E-state index in [1.165, 1.54) is 41.0 Å². The molecule has 1 fully saturated rings. The minimum atomic E-state index is 0.713. The number of hydrogen-bond acceptors (Lipinski definition) is 2. The van der Waals surface area contributed by atoms with E-state index in [1.54, 1.807) is 0 Å². The summed E-state index contributed by atoms with van der Waals surface area (Å²) in [7, 11) is 0. The lowest BCUT2D eigenvalue weighted by atomic mass is 10.0. The van der Waals surface area contributed by atoms with Crippen LogP contribution in [-0.2, 0) is 6.54 Å². The highest BCUT2D eigenvalue weighted by atomic mass is 32.2. The molecule has 2 heteroatoms. The zero-order valence-corrected chi connectivity index (χ0v) is 12.5.